The molecule has 2 aromatic heterocycles. The fourth-order valence-corrected chi connectivity index (χ4v) is 2.57. The van der Waals surface area contributed by atoms with Crippen LogP contribution < -0.4 is 5.32 Å². The topological polar surface area (TPSA) is 70.2 Å². The highest BCUT2D eigenvalue weighted by Crippen LogP contribution is 2.15. The maximum absolute atomic E-state index is 12.3. The number of pyridine rings is 1. The monoisotopic (exact) mass is 288 g/mol. The van der Waals surface area contributed by atoms with E-state index in [0.29, 0.717) is 32.8 Å². The SMILES string of the molecule is CC(NCc1c[nH]c2ncccc12)C(=O)N1CCOCC1. The molecule has 6 nitrogen and oxygen atoms in total. The Morgan fingerprint density at radius 2 is 2.33 bits per heavy atom. The van der Waals surface area contributed by atoms with Crippen molar-refractivity contribution in [3.63, 3.8) is 0 Å². The average molecular weight is 288 g/mol. The van der Waals surface area contributed by atoms with E-state index in [9.17, 15) is 4.79 Å². The molecule has 2 aromatic rings. The van der Waals surface area contributed by atoms with Crippen LogP contribution in [-0.4, -0.2) is 53.1 Å². The lowest BCUT2D eigenvalue weighted by molar-refractivity contribution is -0.137. The molecule has 0 aliphatic carbocycles. The normalized spacial score (nSPS) is 17.1. The van der Waals surface area contributed by atoms with Crippen molar-refractivity contribution in [3.8, 4) is 0 Å². The zero-order chi connectivity index (χ0) is 14.7. The zero-order valence-corrected chi connectivity index (χ0v) is 12.1. The van der Waals surface area contributed by atoms with Crippen molar-refractivity contribution in [3.05, 3.63) is 30.1 Å². The molecule has 1 fully saturated rings. The van der Waals surface area contributed by atoms with Gasteiger partial charge in [-0.15, -0.1) is 0 Å². The number of nitrogens with one attached hydrogen (secondary N) is 2. The van der Waals surface area contributed by atoms with E-state index >= 15 is 0 Å². The summed E-state index contributed by atoms with van der Waals surface area (Å²) in [5.41, 5.74) is 2.00. The lowest BCUT2D eigenvalue weighted by Crippen LogP contribution is -2.49. The number of aromatic amines is 1. The van der Waals surface area contributed by atoms with Crippen LogP contribution in [-0.2, 0) is 16.1 Å². The van der Waals surface area contributed by atoms with E-state index < -0.39 is 0 Å². The summed E-state index contributed by atoms with van der Waals surface area (Å²) in [4.78, 5) is 21.6. The molecular formula is C15H20N4O2. The first-order chi connectivity index (χ1) is 10.3. The van der Waals surface area contributed by atoms with Crippen LogP contribution in [0, 0.1) is 0 Å². The van der Waals surface area contributed by atoms with Gasteiger partial charge in [0.2, 0.25) is 5.91 Å². The van der Waals surface area contributed by atoms with E-state index in [-0.39, 0.29) is 11.9 Å². The van der Waals surface area contributed by atoms with Crippen LogP contribution in [0.4, 0.5) is 0 Å². The van der Waals surface area contributed by atoms with Crippen molar-refractivity contribution in [2.75, 3.05) is 26.3 Å². The molecule has 1 atom stereocenters. The molecule has 0 radical (unpaired) electrons. The van der Waals surface area contributed by atoms with Crippen molar-refractivity contribution < 1.29 is 9.53 Å². The maximum atomic E-state index is 12.3. The molecule has 0 bridgehead atoms. The molecule has 0 spiro atoms. The molecule has 3 heterocycles. The Hall–Kier alpha value is -1.92. The van der Waals surface area contributed by atoms with Crippen molar-refractivity contribution in [2.45, 2.75) is 19.5 Å². The fourth-order valence-electron chi connectivity index (χ4n) is 2.57. The van der Waals surface area contributed by atoms with Crippen molar-refractivity contribution in [2.24, 2.45) is 0 Å². The number of carbonyl (C=O) groups is 1. The number of morpholine rings is 1. The highest BCUT2D eigenvalue weighted by atomic mass is 16.5. The standard InChI is InChI=1S/C15H20N4O2/c1-11(15(20)19-5-7-21-8-6-19)17-9-12-10-18-14-13(12)3-2-4-16-14/h2-4,10-11,17H,5-9H2,1H3,(H,16,18). The quantitative estimate of drug-likeness (QED) is 0.877. The predicted octanol–water partition coefficient (Wildman–Crippen LogP) is 0.900. The lowest BCUT2D eigenvalue weighted by Gasteiger charge is -2.29. The third kappa shape index (κ3) is 3.06. The van der Waals surface area contributed by atoms with Gasteiger partial charge in [0.15, 0.2) is 0 Å². The summed E-state index contributed by atoms with van der Waals surface area (Å²) in [6.07, 6.45) is 3.71. The Morgan fingerprint density at radius 3 is 3.14 bits per heavy atom. The van der Waals surface area contributed by atoms with Gasteiger partial charge in [-0.1, -0.05) is 0 Å². The minimum atomic E-state index is -0.204. The third-order valence-corrected chi connectivity index (χ3v) is 3.83. The van der Waals surface area contributed by atoms with Crippen LogP contribution in [0.5, 0.6) is 0 Å². The molecule has 0 saturated carbocycles. The van der Waals surface area contributed by atoms with Crippen molar-refractivity contribution in [1.82, 2.24) is 20.2 Å². The van der Waals surface area contributed by atoms with Gasteiger partial charge in [-0.05, 0) is 24.6 Å². The molecule has 3 rings (SSSR count). The lowest BCUT2D eigenvalue weighted by atomic mass is 10.2. The van der Waals surface area contributed by atoms with Gasteiger partial charge in [0.1, 0.15) is 5.65 Å². The molecule has 1 unspecified atom stereocenters. The number of amides is 1. The highest BCUT2D eigenvalue weighted by molar-refractivity contribution is 5.82. The van der Waals surface area contributed by atoms with Crippen LogP contribution in [0.2, 0.25) is 0 Å². The van der Waals surface area contributed by atoms with Gasteiger partial charge in [-0.3, -0.25) is 4.79 Å². The second-order valence-electron chi connectivity index (χ2n) is 5.25. The van der Waals surface area contributed by atoms with E-state index in [1.54, 1.807) is 6.20 Å². The Morgan fingerprint density at radius 1 is 1.52 bits per heavy atom. The number of ether oxygens (including phenoxy) is 1. The van der Waals surface area contributed by atoms with E-state index in [2.05, 4.69) is 15.3 Å². The van der Waals surface area contributed by atoms with Crippen LogP contribution >= 0.6 is 0 Å². The van der Waals surface area contributed by atoms with E-state index in [1.165, 1.54) is 0 Å². The molecule has 21 heavy (non-hydrogen) atoms. The van der Waals surface area contributed by atoms with E-state index in [1.807, 2.05) is 30.2 Å². The number of fused-ring (bicyclic) bond motifs is 1. The minimum Gasteiger partial charge on any atom is -0.378 e. The van der Waals surface area contributed by atoms with Gasteiger partial charge in [0.05, 0.1) is 19.3 Å². The number of carbonyl (C=O) groups excluding carboxylic acids is 1. The number of hydrogen-bond acceptors (Lipinski definition) is 4. The molecule has 1 amide bonds. The molecular weight excluding hydrogens is 268 g/mol. The molecule has 112 valence electrons. The van der Waals surface area contributed by atoms with Crippen LogP contribution in [0.3, 0.4) is 0 Å². The van der Waals surface area contributed by atoms with E-state index in [0.717, 1.165) is 16.6 Å². The Labute approximate surface area is 123 Å². The summed E-state index contributed by atoms with van der Waals surface area (Å²) in [6, 6.07) is 3.75. The molecule has 1 saturated heterocycles. The Balaban J connectivity index is 1.60. The first-order valence-electron chi connectivity index (χ1n) is 7.26. The largest absolute Gasteiger partial charge is 0.378 e. The van der Waals surface area contributed by atoms with Crippen LogP contribution in [0.25, 0.3) is 11.0 Å². The van der Waals surface area contributed by atoms with Gasteiger partial charge in [0.25, 0.3) is 0 Å². The molecule has 2 N–H and O–H groups in total. The minimum absolute atomic E-state index is 0.135. The smallest absolute Gasteiger partial charge is 0.239 e. The summed E-state index contributed by atoms with van der Waals surface area (Å²) in [6.45, 7) is 5.18. The molecule has 1 aliphatic rings. The van der Waals surface area contributed by atoms with E-state index in [4.69, 9.17) is 4.74 Å². The zero-order valence-electron chi connectivity index (χ0n) is 12.1. The summed E-state index contributed by atoms with van der Waals surface area (Å²) in [7, 11) is 0. The summed E-state index contributed by atoms with van der Waals surface area (Å²) in [5, 5.41) is 4.39. The van der Waals surface area contributed by atoms with Gasteiger partial charge >= 0.3 is 0 Å². The maximum Gasteiger partial charge on any atom is 0.239 e. The molecule has 6 heteroatoms. The first kappa shape index (κ1) is 14.0. The molecule has 1 aliphatic heterocycles. The number of nitrogens with zero attached hydrogens (tertiary/aromatic N) is 2. The summed E-state index contributed by atoms with van der Waals surface area (Å²) < 4.78 is 5.27. The first-order valence-corrected chi connectivity index (χ1v) is 7.26. The second-order valence-corrected chi connectivity index (χ2v) is 5.25. The number of rotatable bonds is 4. The number of hydrogen-bond donors (Lipinski definition) is 2. The fraction of sp³-hybridized carbons (Fsp3) is 0.467. The molecule has 0 aromatic carbocycles. The Bertz CT molecular complexity index is 619. The predicted molar refractivity (Wildman–Crippen MR) is 79.8 cm³/mol. The number of aromatic nitrogens is 2. The van der Waals surface area contributed by atoms with Gasteiger partial charge in [0, 0.05) is 37.4 Å². The number of H-pyrrole nitrogens is 1. The van der Waals surface area contributed by atoms with Crippen molar-refractivity contribution >= 4 is 16.9 Å². The van der Waals surface area contributed by atoms with Gasteiger partial charge in [-0.25, -0.2) is 4.98 Å². The van der Waals surface area contributed by atoms with Gasteiger partial charge in [-0.2, -0.15) is 0 Å². The van der Waals surface area contributed by atoms with Crippen LogP contribution in [0.15, 0.2) is 24.5 Å². The van der Waals surface area contributed by atoms with Crippen molar-refractivity contribution in [1.29, 1.82) is 0 Å². The van der Waals surface area contributed by atoms with Gasteiger partial charge < -0.3 is 19.9 Å². The van der Waals surface area contributed by atoms with Crippen LogP contribution in [0.1, 0.15) is 12.5 Å². The summed E-state index contributed by atoms with van der Waals surface area (Å²) >= 11 is 0. The third-order valence-electron chi connectivity index (χ3n) is 3.83. The average Bonchev–Trinajstić information content (AvgIpc) is 2.96. The Kier molecular flexibility index (Phi) is 4.17. The highest BCUT2D eigenvalue weighted by Gasteiger charge is 2.22. The summed E-state index contributed by atoms with van der Waals surface area (Å²) in [5.74, 6) is 0.135. The second kappa shape index (κ2) is 6.24.